The third kappa shape index (κ3) is 3.04. The van der Waals surface area contributed by atoms with Crippen LogP contribution in [0.25, 0.3) is 0 Å². The van der Waals surface area contributed by atoms with E-state index in [1.165, 1.54) is 11.3 Å². The number of Topliss-reactive ketones (excluding diaryl/α,β-unsaturated/α-hetero) is 1. The monoisotopic (exact) mass is 308 g/mol. The second-order valence-electron chi connectivity index (χ2n) is 3.97. The Balaban J connectivity index is 0.00000128. The molecule has 2 rings (SSSR count). The van der Waals surface area contributed by atoms with Gasteiger partial charge < -0.3 is 16.4 Å². The number of hydrogen-bond acceptors (Lipinski definition) is 3. The number of carbonyl (C=O) groups is 1. The van der Waals surface area contributed by atoms with E-state index in [9.17, 15) is 9.90 Å². The maximum absolute atomic E-state index is 11.7. The third-order valence-electron chi connectivity index (χ3n) is 3.06. The van der Waals surface area contributed by atoms with Crippen LogP contribution in [-0.2, 0) is 43.9 Å². The largest absolute Gasteiger partial charge is 0.392 e. The van der Waals surface area contributed by atoms with Crippen molar-refractivity contribution in [2.24, 2.45) is 11.8 Å². The normalized spacial score (nSPS) is 29.1. The van der Waals surface area contributed by atoms with Crippen molar-refractivity contribution in [2.75, 3.05) is 0 Å². The summed E-state index contributed by atoms with van der Waals surface area (Å²) >= 11 is 1.53. The standard InChI is InChI=1S/C11H12BO2S.Y/c12-6-9-8(10(13)5-11(9)14)4-7-2-1-3-15-7;/h1-2,8-9,11,14H,4-6H2;/q-1;. The molecule has 0 spiro atoms. The predicted octanol–water partition coefficient (Wildman–Crippen LogP) is 1.24. The summed E-state index contributed by atoms with van der Waals surface area (Å²) in [6.45, 7) is 0. The molecule has 0 aromatic carbocycles. The molecule has 5 heteroatoms. The van der Waals surface area contributed by atoms with Crippen molar-refractivity contribution in [3.63, 3.8) is 0 Å². The van der Waals surface area contributed by atoms with E-state index in [1.54, 1.807) is 0 Å². The fourth-order valence-corrected chi connectivity index (χ4v) is 2.89. The fourth-order valence-electron chi connectivity index (χ4n) is 2.20. The maximum atomic E-state index is 11.7. The molecule has 1 aromatic heterocycles. The summed E-state index contributed by atoms with van der Waals surface area (Å²) < 4.78 is 0. The van der Waals surface area contributed by atoms with Crippen LogP contribution in [0.2, 0.25) is 6.32 Å². The minimum atomic E-state index is -0.545. The van der Waals surface area contributed by atoms with Crippen LogP contribution in [0.5, 0.6) is 0 Å². The fraction of sp³-hybridized carbons (Fsp3) is 0.545. The molecule has 1 fully saturated rings. The van der Waals surface area contributed by atoms with Crippen molar-refractivity contribution in [1.29, 1.82) is 0 Å². The zero-order valence-electron chi connectivity index (χ0n) is 8.93. The van der Waals surface area contributed by atoms with Crippen molar-refractivity contribution < 1.29 is 42.6 Å². The second-order valence-corrected chi connectivity index (χ2v) is 4.93. The van der Waals surface area contributed by atoms with Gasteiger partial charge in [0.15, 0.2) is 0 Å². The second kappa shape index (κ2) is 6.44. The van der Waals surface area contributed by atoms with Crippen LogP contribution in [-0.4, -0.2) is 24.8 Å². The van der Waals surface area contributed by atoms with E-state index >= 15 is 0 Å². The van der Waals surface area contributed by atoms with Crippen LogP contribution in [0.1, 0.15) is 11.3 Å². The van der Waals surface area contributed by atoms with Gasteiger partial charge in [-0.3, -0.25) is 4.79 Å². The van der Waals surface area contributed by atoms with Crippen molar-refractivity contribution in [2.45, 2.75) is 25.3 Å². The number of rotatable bonds is 3. The number of hydrogen-bond donors (Lipinski definition) is 1. The molecule has 1 saturated carbocycles. The molecule has 0 aliphatic heterocycles. The van der Waals surface area contributed by atoms with Gasteiger partial charge in [-0.05, 0) is 5.92 Å². The number of aliphatic hydroxyl groups excluding tert-OH is 1. The van der Waals surface area contributed by atoms with Crippen LogP contribution in [0.3, 0.4) is 0 Å². The number of carbonyl (C=O) groups excluding carboxylic acids is 1. The van der Waals surface area contributed by atoms with Crippen molar-refractivity contribution in [1.82, 2.24) is 0 Å². The van der Waals surface area contributed by atoms with Gasteiger partial charge in [0.2, 0.25) is 0 Å². The minimum absolute atomic E-state index is 0. The smallest absolute Gasteiger partial charge is 0.138 e. The molecule has 1 heterocycles. The summed E-state index contributed by atoms with van der Waals surface area (Å²) in [4.78, 5) is 12.8. The average Bonchev–Trinajstić information content (AvgIpc) is 2.77. The van der Waals surface area contributed by atoms with E-state index in [2.05, 4.69) is 5.38 Å². The molecule has 0 saturated heterocycles. The molecule has 81 valence electrons. The van der Waals surface area contributed by atoms with Crippen LogP contribution in [0.15, 0.2) is 12.1 Å². The van der Waals surface area contributed by atoms with E-state index in [4.69, 9.17) is 7.85 Å². The molecule has 0 bridgehead atoms. The van der Waals surface area contributed by atoms with Gasteiger partial charge in [-0.15, -0.1) is 10.3 Å². The zero-order valence-corrected chi connectivity index (χ0v) is 12.6. The molecule has 3 radical (unpaired) electrons. The molecule has 1 aliphatic rings. The Bertz CT molecular complexity index is 342. The summed E-state index contributed by atoms with van der Waals surface area (Å²) in [5.74, 6) is -0.0250. The molecule has 0 amide bonds. The van der Waals surface area contributed by atoms with Crippen LogP contribution in [0.4, 0.5) is 0 Å². The van der Waals surface area contributed by atoms with E-state index in [1.807, 2.05) is 12.1 Å². The Kier molecular flexibility index (Phi) is 5.86. The zero-order chi connectivity index (χ0) is 10.8. The SMILES string of the molecule is [B]CC1C(O)CC(=O)C1Cc1cc[c-]s1.[Y]. The topological polar surface area (TPSA) is 37.3 Å². The predicted molar refractivity (Wildman–Crippen MR) is 60.0 cm³/mol. The molecule has 1 N–H and O–H groups in total. The Morgan fingerprint density at radius 1 is 1.62 bits per heavy atom. The Labute approximate surface area is 126 Å². The summed E-state index contributed by atoms with van der Waals surface area (Å²) in [7, 11) is 5.59. The van der Waals surface area contributed by atoms with Gasteiger partial charge >= 0.3 is 0 Å². The first-order chi connectivity index (χ1) is 7.22. The first kappa shape index (κ1) is 14.6. The molecule has 16 heavy (non-hydrogen) atoms. The van der Waals surface area contributed by atoms with Crippen LogP contribution in [0, 0.1) is 17.2 Å². The average molecular weight is 308 g/mol. The molecule has 3 atom stereocenters. The van der Waals surface area contributed by atoms with Gasteiger partial charge in [0.1, 0.15) is 5.78 Å². The molecular formula is C11H12BO2SY-. The van der Waals surface area contributed by atoms with Crippen molar-refractivity contribution >= 4 is 25.0 Å². The molecular weight excluding hydrogens is 296 g/mol. The van der Waals surface area contributed by atoms with Gasteiger partial charge in [-0.1, -0.05) is 12.7 Å². The molecule has 3 unspecified atom stereocenters. The first-order valence-corrected chi connectivity index (χ1v) is 5.89. The van der Waals surface area contributed by atoms with E-state index in [-0.39, 0.29) is 56.7 Å². The van der Waals surface area contributed by atoms with Crippen LogP contribution < -0.4 is 0 Å². The van der Waals surface area contributed by atoms with Gasteiger partial charge in [-0.2, -0.15) is 6.07 Å². The summed E-state index contributed by atoms with van der Waals surface area (Å²) in [6, 6.07) is 3.82. The van der Waals surface area contributed by atoms with Crippen LogP contribution >= 0.6 is 11.3 Å². The third-order valence-corrected chi connectivity index (χ3v) is 3.87. The Morgan fingerprint density at radius 3 is 2.94 bits per heavy atom. The summed E-state index contributed by atoms with van der Waals surface area (Å²) in [5.41, 5.74) is 0. The van der Waals surface area contributed by atoms with E-state index in [0.717, 1.165) is 4.88 Å². The summed E-state index contributed by atoms with van der Waals surface area (Å²) in [5, 5.41) is 12.7. The quantitative estimate of drug-likeness (QED) is 0.674. The van der Waals surface area contributed by atoms with E-state index < -0.39 is 6.10 Å². The van der Waals surface area contributed by atoms with Gasteiger partial charge in [0.05, 0.1) is 14.0 Å². The maximum Gasteiger partial charge on any atom is 0.138 e. The first-order valence-electron chi connectivity index (χ1n) is 5.08. The molecule has 2 nitrogen and oxygen atoms in total. The Morgan fingerprint density at radius 2 is 2.38 bits per heavy atom. The Hall–Kier alpha value is 0.499. The number of ketones is 1. The van der Waals surface area contributed by atoms with Crippen molar-refractivity contribution in [3.8, 4) is 0 Å². The van der Waals surface area contributed by atoms with Gasteiger partial charge in [-0.25, -0.2) is 6.07 Å². The number of thiophene rings is 1. The number of aliphatic hydroxyl groups is 1. The van der Waals surface area contributed by atoms with Crippen molar-refractivity contribution in [3.05, 3.63) is 22.4 Å². The molecule has 1 aliphatic carbocycles. The summed E-state index contributed by atoms with van der Waals surface area (Å²) in [6.07, 6.45) is 0.802. The van der Waals surface area contributed by atoms with Gasteiger partial charge in [0, 0.05) is 45.0 Å². The molecule has 1 aromatic rings. The van der Waals surface area contributed by atoms with E-state index in [0.29, 0.717) is 12.7 Å². The van der Waals surface area contributed by atoms with Gasteiger partial charge in [0.25, 0.3) is 0 Å². The minimum Gasteiger partial charge on any atom is -0.392 e.